The van der Waals surface area contributed by atoms with E-state index in [1.165, 1.54) is 19.8 Å². The molecule has 6 heteroatoms. The van der Waals surface area contributed by atoms with Crippen LogP contribution in [0.25, 0.3) is 11.3 Å². The van der Waals surface area contributed by atoms with E-state index >= 15 is 0 Å². The molecule has 0 aliphatic carbocycles. The number of amides is 1. The molecule has 1 N–H and O–H groups in total. The highest BCUT2D eigenvalue weighted by Crippen LogP contribution is 2.24. The van der Waals surface area contributed by atoms with Crippen molar-refractivity contribution < 1.29 is 14.0 Å². The number of rotatable bonds is 5. The zero-order valence-corrected chi connectivity index (χ0v) is 15.6. The molecule has 1 aromatic carbocycles. The molecule has 0 unspecified atom stereocenters. The van der Waals surface area contributed by atoms with Gasteiger partial charge in [-0.3, -0.25) is 9.59 Å². The minimum Gasteiger partial charge on any atom is -0.451 e. The van der Waals surface area contributed by atoms with Gasteiger partial charge in [-0.25, -0.2) is 4.98 Å². The first kappa shape index (κ1) is 18.0. The van der Waals surface area contributed by atoms with Crippen molar-refractivity contribution in [2.45, 2.75) is 19.8 Å². The number of aromatic nitrogens is 1. The van der Waals surface area contributed by atoms with Crippen LogP contribution < -0.4 is 10.2 Å². The molecule has 0 radical (unpaired) electrons. The molecule has 6 nitrogen and oxygen atoms in total. The average Bonchev–Trinajstić information content (AvgIpc) is 3.41. The van der Waals surface area contributed by atoms with Crippen LogP contribution in [0.5, 0.6) is 0 Å². The molecule has 1 saturated heterocycles. The number of pyridine rings is 1. The highest BCUT2D eigenvalue weighted by Gasteiger charge is 2.15. The molecule has 0 saturated carbocycles. The van der Waals surface area contributed by atoms with Crippen LogP contribution in [0.1, 0.15) is 40.7 Å². The third-order valence-electron chi connectivity index (χ3n) is 4.84. The van der Waals surface area contributed by atoms with E-state index in [4.69, 9.17) is 4.42 Å². The van der Waals surface area contributed by atoms with Gasteiger partial charge in [0.2, 0.25) is 0 Å². The van der Waals surface area contributed by atoms with Gasteiger partial charge in [0.25, 0.3) is 5.91 Å². The van der Waals surface area contributed by atoms with Crippen molar-refractivity contribution in [2.75, 3.05) is 23.3 Å². The topological polar surface area (TPSA) is 75.4 Å². The van der Waals surface area contributed by atoms with Crippen molar-refractivity contribution in [3.8, 4) is 11.3 Å². The Morgan fingerprint density at radius 3 is 2.39 bits per heavy atom. The molecule has 1 amide bonds. The first-order valence-corrected chi connectivity index (χ1v) is 9.34. The van der Waals surface area contributed by atoms with E-state index < -0.39 is 0 Å². The molecule has 3 heterocycles. The van der Waals surface area contributed by atoms with Crippen LogP contribution in [-0.4, -0.2) is 29.8 Å². The maximum Gasteiger partial charge on any atom is 0.291 e. The second kappa shape index (κ2) is 7.68. The van der Waals surface area contributed by atoms with Crippen LogP contribution >= 0.6 is 0 Å². The van der Waals surface area contributed by atoms with Crippen molar-refractivity contribution in [2.24, 2.45) is 0 Å². The van der Waals surface area contributed by atoms with Crippen molar-refractivity contribution in [1.82, 2.24) is 4.98 Å². The lowest BCUT2D eigenvalue weighted by Gasteiger charge is -2.16. The van der Waals surface area contributed by atoms with Crippen LogP contribution in [0.3, 0.4) is 0 Å². The first-order chi connectivity index (χ1) is 13.6. The quantitative estimate of drug-likeness (QED) is 0.669. The molecule has 0 bridgehead atoms. The molecule has 4 rings (SSSR count). The fourth-order valence-corrected chi connectivity index (χ4v) is 3.27. The number of nitrogens with zero attached hydrogens (tertiary/aromatic N) is 2. The third-order valence-corrected chi connectivity index (χ3v) is 4.84. The third kappa shape index (κ3) is 3.81. The lowest BCUT2D eigenvalue weighted by Crippen LogP contribution is -2.19. The fourth-order valence-electron chi connectivity index (χ4n) is 3.27. The van der Waals surface area contributed by atoms with E-state index in [0.717, 1.165) is 24.5 Å². The van der Waals surface area contributed by atoms with Crippen LogP contribution in [0.15, 0.2) is 59.1 Å². The molecule has 142 valence electrons. The average molecular weight is 375 g/mol. The van der Waals surface area contributed by atoms with Crippen LogP contribution in [-0.2, 0) is 0 Å². The Bertz CT molecular complexity index is 985. The number of furan rings is 1. The van der Waals surface area contributed by atoms with Crippen molar-refractivity contribution in [1.29, 1.82) is 0 Å². The van der Waals surface area contributed by atoms with E-state index in [1.54, 1.807) is 42.6 Å². The van der Waals surface area contributed by atoms with E-state index in [9.17, 15) is 9.59 Å². The van der Waals surface area contributed by atoms with Gasteiger partial charge in [-0.15, -0.1) is 0 Å². The summed E-state index contributed by atoms with van der Waals surface area (Å²) in [7, 11) is 0. The summed E-state index contributed by atoms with van der Waals surface area (Å²) in [6.45, 7) is 3.58. The first-order valence-electron chi connectivity index (χ1n) is 9.34. The number of hydrogen-bond donors (Lipinski definition) is 1. The van der Waals surface area contributed by atoms with Gasteiger partial charge in [-0.05, 0) is 44.0 Å². The highest BCUT2D eigenvalue weighted by atomic mass is 16.3. The number of anilines is 2. The molecule has 0 atom stereocenters. The van der Waals surface area contributed by atoms with E-state index in [1.807, 2.05) is 12.1 Å². The molecule has 0 spiro atoms. The summed E-state index contributed by atoms with van der Waals surface area (Å²) >= 11 is 0. The van der Waals surface area contributed by atoms with E-state index in [-0.39, 0.29) is 17.5 Å². The van der Waals surface area contributed by atoms with E-state index in [2.05, 4.69) is 15.2 Å². The minimum absolute atomic E-state index is 0.00965. The van der Waals surface area contributed by atoms with Gasteiger partial charge in [0.05, 0.1) is 11.9 Å². The molecule has 1 fully saturated rings. The van der Waals surface area contributed by atoms with Gasteiger partial charge in [-0.1, -0.05) is 24.3 Å². The summed E-state index contributed by atoms with van der Waals surface area (Å²) in [5, 5.41) is 2.81. The van der Waals surface area contributed by atoms with Gasteiger partial charge in [-0.2, -0.15) is 0 Å². The Labute approximate surface area is 163 Å². The van der Waals surface area contributed by atoms with Crippen LogP contribution in [0.4, 0.5) is 11.5 Å². The molecular weight excluding hydrogens is 354 g/mol. The zero-order valence-electron chi connectivity index (χ0n) is 15.6. The summed E-state index contributed by atoms with van der Waals surface area (Å²) in [5.74, 6) is 1.40. The Morgan fingerprint density at radius 2 is 1.75 bits per heavy atom. The number of hydrogen-bond acceptors (Lipinski definition) is 5. The number of ketones is 1. The molecule has 2 aromatic heterocycles. The lowest BCUT2D eigenvalue weighted by molar-refractivity contribution is 0.0994. The van der Waals surface area contributed by atoms with Gasteiger partial charge >= 0.3 is 0 Å². The summed E-state index contributed by atoms with van der Waals surface area (Å²) < 4.78 is 5.68. The molecular formula is C22H21N3O3. The summed E-state index contributed by atoms with van der Waals surface area (Å²) in [6.07, 6.45) is 4.05. The highest BCUT2D eigenvalue weighted by molar-refractivity contribution is 6.02. The fraction of sp³-hybridized carbons (Fsp3) is 0.227. The Hall–Kier alpha value is -3.41. The monoisotopic (exact) mass is 375 g/mol. The maximum atomic E-state index is 12.5. The number of carbonyl (C=O) groups excluding carboxylic acids is 2. The summed E-state index contributed by atoms with van der Waals surface area (Å²) in [4.78, 5) is 30.5. The summed E-state index contributed by atoms with van der Waals surface area (Å²) in [6, 6.07) is 14.2. The Kier molecular flexibility index (Phi) is 4.93. The standard InChI is InChI=1S/C22H21N3O3/c1-15(26)16-4-6-17(7-5-16)19-9-10-20(28-19)22(27)24-18-8-11-21(23-14-18)25-12-2-3-13-25/h4-11,14H,2-3,12-13H2,1H3,(H,24,27). The van der Waals surface area contributed by atoms with Gasteiger partial charge in [0, 0.05) is 24.2 Å². The van der Waals surface area contributed by atoms with Gasteiger partial charge < -0.3 is 14.6 Å². The maximum absolute atomic E-state index is 12.5. The van der Waals surface area contributed by atoms with Gasteiger partial charge in [0.1, 0.15) is 11.6 Å². The number of Topliss-reactive ketones (excluding diaryl/α,β-unsaturated/α-hetero) is 1. The number of carbonyl (C=O) groups is 2. The number of nitrogens with one attached hydrogen (secondary N) is 1. The van der Waals surface area contributed by atoms with Crippen LogP contribution in [0.2, 0.25) is 0 Å². The molecule has 1 aliphatic rings. The second-order valence-corrected chi connectivity index (χ2v) is 6.85. The Morgan fingerprint density at radius 1 is 1.00 bits per heavy atom. The van der Waals surface area contributed by atoms with Crippen molar-refractivity contribution in [3.05, 3.63) is 66.1 Å². The predicted octanol–water partition coefficient (Wildman–Crippen LogP) is 4.40. The largest absolute Gasteiger partial charge is 0.451 e. The lowest BCUT2D eigenvalue weighted by atomic mass is 10.1. The molecule has 1 aliphatic heterocycles. The van der Waals surface area contributed by atoms with Crippen molar-refractivity contribution in [3.63, 3.8) is 0 Å². The SMILES string of the molecule is CC(=O)c1ccc(-c2ccc(C(=O)Nc3ccc(N4CCCC4)nc3)o2)cc1. The van der Waals surface area contributed by atoms with Crippen molar-refractivity contribution >= 4 is 23.2 Å². The molecule has 3 aromatic rings. The minimum atomic E-state index is -0.331. The van der Waals surface area contributed by atoms with E-state index in [0.29, 0.717) is 17.0 Å². The smallest absolute Gasteiger partial charge is 0.291 e. The summed E-state index contributed by atoms with van der Waals surface area (Å²) in [5.41, 5.74) is 2.07. The number of benzene rings is 1. The predicted molar refractivity (Wildman–Crippen MR) is 108 cm³/mol. The zero-order chi connectivity index (χ0) is 19.5. The van der Waals surface area contributed by atoms with Crippen LogP contribution in [0, 0.1) is 0 Å². The second-order valence-electron chi connectivity index (χ2n) is 6.85. The molecule has 28 heavy (non-hydrogen) atoms. The van der Waals surface area contributed by atoms with Gasteiger partial charge in [0.15, 0.2) is 11.5 Å². The Balaban J connectivity index is 1.43. The normalized spacial score (nSPS) is 13.5.